The van der Waals surface area contributed by atoms with Crippen molar-refractivity contribution in [3.05, 3.63) is 12.2 Å². The molecule has 118 valence electrons. The molecule has 0 aliphatic carbocycles. The summed E-state index contributed by atoms with van der Waals surface area (Å²) < 4.78 is 0. The number of aliphatic carboxylic acids is 1. The van der Waals surface area contributed by atoms with Gasteiger partial charge in [-0.3, -0.25) is 4.79 Å². The highest BCUT2D eigenvalue weighted by atomic mass is 16.4. The summed E-state index contributed by atoms with van der Waals surface area (Å²) in [6.07, 6.45) is 6.20. The van der Waals surface area contributed by atoms with E-state index in [2.05, 4.69) is 60.6 Å². The monoisotopic (exact) mass is 282 g/mol. The maximum Gasteiger partial charge on any atom is 0.309 e. The topological polar surface area (TPSA) is 37.3 Å². The zero-order chi connectivity index (χ0) is 16.4. The Hall–Kier alpha value is -0.790. The number of rotatable bonds is 6. The molecule has 0 aromatic heterocycles. The van der Waals surface area contributed by atoms with Gasteiger partial charge in [0.05, 0.1) is 5.41 Å². The van der Waals surface area contributed by atoms with Crippen LogP contribution in [0.5, 0.6) is 0 Å². The van der Waals surface area contributed by atoms with E-state index in [-0.39, 0.29) is 16.2 Å². The van der Waals surface area contributed by atoms with Crippen molar-refractivity contribution in [1.82, 2.24) is 0 Å². The van der Waals surface area contributed by atoms with Crippen LogP contribution in [0.2, 0.25) is 0 Å². The third kappa shape index (κ3) is 7.72. The number of allylic oxidation sites excluding steroid dienone is 2. The Balaban J connectivity index is 4.92. The zero-order valence-electron chi connectivity index (χ0n) is 14.9. The Morgan fingerprint density at radius 3 is 1.45 bits per heavy atom. The van der Waals surface area contributed by atoms with Crippen molar-refractivity contribution in [3.63, 3.8) is 0 Å². The molecule has 0 rings (SSSR count). The molecule has 0 fully saturated rings. The van der Waals surface area contributed by atoms with Crippen LogP contribution in [-0.2, 0) is 4.79 Å². The van der Waals surface area contributed by atoms with Gasteiger partial charge in [0.15, 0.2) is 0 Å². The molecule has 2 heteroatoms. The summed E-state index contributed by atoms with van der Waals surface area (Å²) in [4.78, 5) is 11.3. The van der Waals surface area contributed by atoms with Crippen LogP contribution in [0.1, 0.15) is 75.2 Å². The first-order valence-corrected chi connectivity index (χ1v) is 7.50. The van der Waals surface area contributed by atoms with E-state index in [1.165, 1.54) is 0 Å². The Labute approximate surface area is 125 Å². The molecule has 0 heterocycles. The minimum absolute atomic E-state index is 0.114. The van der Waals surface area contributed by atoms with E-state index in [0.29, 0.717) is 6.42 Å². The molecule has 0 aliphatic heterocycles. The minimum Gasteiger partial charge on any atom is -0.481 e. The average molecular weight is 282 g/mol. The van der Waals surface area contributed by atoms with Gasteiger partial charge in [0.25, 0.3) is 0 Å². The predicted molar refractivity (Wildman–Crippen MR) is 86.8 cm³/mol. The second-order valence-electron chi connectivity index (χ2n) is 9.41. The van der Waals surface area contributed by atoms with Crippen molar-refractivity contribution >= 4 is 5.97 Å². The van der Waals surface area contributed by atoms with Crippen molar-refractivity contribution in [1.29, 1.82) is 0 Å². The number of carboxylic acid groups (broad SMARTS) is 1. The molecule has 2 nitrogen and oxygen atoms in total. The van der Waals surface area contributed by atoms with Crippen LogP contribution in [-0.4, -0.2) is 11.1 Å². The van der Waals surface area contributed by atoms with E-state index in [1.54, 1.807) is 13.8 Å². The SMILES string of the molecule is CC(C)(C)CC(C)(C)/C=C/C(C)(C)CC(C)(C)C(=O)O. The fourth-order valence-electron chi connectivity index (χ4n) is 3.15. The maximum atomic E-state index is 11.3. The van der Waals surface area contributed by atoms with Gasteiger partial charge in [-0.1, -0.05) is 60.6 Å². The Kier molecular flexibility index (Phi) is 5.68. The first-order chi connectivity index (χ1) is 8.56. The molecule has 0 aliphatic rings. The van der Waals surface area contributed by atoms with E-state index in [1.807, 2.05) is 0 Å². The molecule has 0 saturated carbocycles. The van der Waals surface area contributed by atoms with Gasteiger partial charge >= 0.3 is 5.97 Å². The molecular weight excluding hydrogens is 248 g/mol. The van der Waals surface area contributed by atoms with Gasteiger partial charge in [-0.2, -0.15) is 0 Å². The van der Waals surface area contributed by atoms with Crippen LogP contribution in [0.25, 0.3) is 0 Å². The van der Waals surface area contributed by atoms with Gasteiger partial charge in [-0.05, 0) is 42.9 Å². The van der Waals surface area contributed by atoms with Crippen molar-refractivity contribution < 1.29 is 9.90 Å². The second-order valence-corrected chi connectivity index (χ2v) is 9.41. The molecule has 0 bridgehead atoms. The van der Waals surface area contributed by atoms with E-state index in [0.717, 1.165) is 6.42 Å². The quantitative estimate of drug-likeness (QED) is 0.650. The highest BCUT2D eigenvalue weighted by molar-refractivity contribution is 5.73. The lowest BCUT2D eigenvalue weighted by molar-refractivity contribution is -0.148. The van der Waals surface area contributed by atoms with Crippen LogP contribution < -0.4 is 0 Å². The summed E-state index contributed by atoms with van der Waals surface area (Å²) in [6.45, 7) is 19.1. The van der Waals surface area contributed by atoms with Crippen LogP contribution in [0.4, 0.5) is 0 Å². The minimum atomic E-state index is -0.729. The molecule has 0 aromatic rings. The lowest BCUT2D eigenvalue weighted by Crippen LogP contribution is -2.30. The summed E-state index contributed by atoms with van der Waals surface area (Å²) in [5, 5.41) is 9.26. The molecule has 0 saturated heterocycles. The van der Waals surface area contributed by atoms with Gasteiger partial charge in [0.1, 0.15) is 0 Å². The first-order valence-electron chi connectivity index (χ1n) is 7.50. The fraction of sp³-hybridized carbons (Fsp3) is 0.833. The summed E-state index contributed by atoms with van der Waals surface area (Å²) >= 11 is 0. The van der Waals surface area contributed by atoms with Crippen molar-refractivity contribution in [2.24, 2.45) is 21.7 Å². The number of carboxylic acids is 1. The van der Waals surface area contributed by atoms with Gasteiger partial charge in [0, 0.05) is 0 Å². The highest BCUT2D eigenvalue weighted by Crippen LogP contribution is 2.38. The third-order valence-corrected chi connectivity index (χ3v) is 3.45. The molecular formula is C18H34O2. The van der Waals surface area contributed by atoms with Crippen LogP contribution >= 0.6 is 0 Å². The molecule has 0 spiro atoms. The molecule has 1 N–H and O–H groups in total. The molecule has 20 heavy (non-hydrogen) atoms. The third-order valence-electron chi connectivity index (χ3n) is 3.45. The second kappa shape index (κ2) is 5.91. The fourth-order valence-corrected chi connectivity index (χ4v) is 3.15. The van der Waals surface area contributed by atoms with E-state index < -0.39 is 11.4 Å². The summed E-state index contributed by atoms with van der Waals surface area (Å²) in [5.41, 5.74) is -0.389. The van der Waals surface area contributed by atoms with Crippen molar-refractivity contribution in [2.45, 2.75) is 75.2 Å². The molecule has 0 amide bonds. The zero-order valence-corrected chi connectivity index (χ0v) is 14.9. The van der Waals surface area contributed by atoms with Gasteiger partial charge in [-0.25, -0.2) is 0 Å². The van der Waals surface area contributed by atoms with Gasteiger partial charge in [-0.15, -0.1) is 0 Å². The summed E-state index contributed by atoms with van der Waals surface area (Å²) in [5.74, 6) is -0.729. The molecule has 0 aromatic carbocycles. The number of hydrogen-bond donors (Lipinski definition) is 1. The molecule has 0 radical (unpaired) electrons. The highest BCUT2D eigenvalue weighted by Gasteiger charge is 2.34. The van der Waals surface area contributed by atoms with Crippen LogP contribution in [0.15, 0.2) is 12.2 Å². The smallest absolute Gasteiger partial charge is 0.309 e. The van der Waals surface area contributed by atoms with Crippen molar-refractivity contribution in [3.8, 4) is 0 Å². The standard InChI is InChI=1S/C18H34O2/c1-15(2,3)12-16(4,5)10-11-17(6,7)13-18(8,9)14(19)20/h10-11H,12-13H2,1-9H3,(H,19,20)/b11-10+. The lowest BCUT2D eigenvalue weighted by atomic mass is 9.72. The summed E-state index contributed by atoms with van der Waals surface area (Å²) in [6, 6.07) is 0. The van der Waals surface area contributed by atoms with E-state index in [9.17, 15) is 9.90 Å². The predicted octanol–water partition coefficient (Wildman–Crippen LogP) is 5.53. The number of carbonyl (C=O) groups is 1. The van der Waals surface area contributed by atoms with Crippen LogP contribution in [0, 0.1) is 21.7 Å². The van der Waals surface area contributed by atoms with Gasteiger partial charge in [0.2, 0.25) is 0 Å². The largest absolute Gasteiger partial charge is 0.481 e. The Morgan fingerprint density at radius 2 is 1.15 bits per heavy atom. The Morgan fingerprint density at radius 1 is 0.800 bits per heavy atom. The van der Waals surface area contributed by atoms with E-state index >= 15 is 0 Å². The van der Waals surface area contributed by atoms with Gasteiger partial charge < -0.3 is 5.11 Å². The van der Waals surface area contributed by atoms with Crippen LogP contribution in [0.3, 0.4) is 0 Å². The van der Waals surface area contributed by atoms with Crippen molar-refractivity contribution in [2.75, 3.05) is 0 Å². The molecule has 0 atom stereocenters. The number of hydrogen-bond acceptors (Lipinski definition) is 1. The summed E-state index contributed by atoms with van der Waals surface area (Å²) in [7, 11) is 0. The molecule has 0 unspecified atom stereocenters. The normalized spacial score (nSPS) is 14.8. The first kappa shape index (κ1) is 19.2. The Bertz CT molecular complexity index is 365. The van der Waals surface area contributed by atoms with E-state index in [4.69, 9.17) is 0 Å². The lowest BCUT2D eigenvalue weighted by Gasteiger charge is -2.33. The maximum absolute atomic E-state index is 11.3. The average Bonchev–Trinajstić information content (AvgIpc) is 2.09.